The smallest absolute Gasteiger partial charge is 0.273 e. The van der Waals surface area contributed by atoms with Gasteiger partial charge in [0.2, 0.25) is 0 Å². The monoisotopic (exact) mass is 285 g/mol. The lowest BCUT2D eigenvalue weighted by Gasteiger charge is -2.21. The summed E-state index contributed by atoms with van der Waals surface area (Å²) in [7, 11) is 0. The Labute approximate surface area is 125 Å². The number of aliphatic hydroxyl groups is 1. The lowest BCUT2D eigenvalue weighted by atomic mass is 10.1. The van der Waals surface area contributed by atoms with Crippen LogP contribution in [0, 0.1) is 29.1 Å². The zero-order valence-electron chi connectivity index (χ0n) is 12.3. The van der Waals surface area contributed by atoms with Gasteiger partial charge in [-0.1, -0.05) is 11.8 Å². The first-order chi connectivity index (χ1) is 10.1. The summed E-state index contributed by atoms with van der Waals surface area (Å²) in [6.07, 6.45) is 1.90. The van der Waals surface area contributed by atoms with Crippen LogP contribution in [0.3, 0.4) is 0 Å². The van der Waals surface area contributed by atoms with Gasteiger partial charge in [0.25, 0.3) is 5.91 Å². The molecular weight excluding hydrogens is 266 g/mol. The second-order valence-electron chi connectivity index (χ2n) is 4.55. The standard InChI is InChI=1S/C16H19N3O2/c1-3-19(12-13(2)11-17)16(21)15-14(7-4-5-10-20)8-6-9-18-15/h6,8-9,13,20H,3,5,10,12H2,1-2H3. The molecule has 0 saturated heterocycles. The molecule has 0 aliphatic carbocycles. The number of hydrogen-bond donors (Lipinski definition) is 1. The van der Waals surface area contributed by atoms with Crippen molar-refractivity contribution in [2.75, 3.05) is 19.7 Å². The van der Waals surface area contributed by atoms with E-state index in [-0.39, 0.29) is 24.1 Å². The van der Waals surface area contributed by atoms with E-state index in [4.69, 9.17) is 10.4 Å². The highest BCUT2D eigenvalue weighted by Gasteiger charge is 2.20. The maximum Gasteiger partial charge on any atom is 0.273 e. The molecule has 0 aliphatic heterocycles. The van der Waals surface area contributed by atoms with Crippen molar-refractivity contribution in [1.82, 2.24) is 9.88 Å². The highest BCUT2D eigenvalue weighted by molar-refractivity contribution is 5.94. The van der Waals surface area contributed by atoms with Crippen molar-refractivity contribution in [3.05, 3.63) is 29.6 Å². The zero-order chi connectivity index (χ0) is 15.7. The Morgan fingerprint density at radius 3 is 2.95 bits per heavy atom. The van der Waals surface area contributed by atoms with E-state index in [0.717, 1.165) is 0 Å². The molecule has 1 aromatic rings. The Morgan fingerprint density at radius 1 is 1.57 bits per heavy atom. The summed E-state index contributed by atoms with van der Waals surface area (Å²) < 4.78 is 0. The van der Waals surface area contributed by atoms with Crippen molar-refractivity contribution in [2.45, 2.75) is 20.3 Å². The first kappa shape index (κ1) is 16.7. The molecule has 110 valence electrons. The Kier molecular flexibility index (Phi) is 6.94. The molecule has 1 rings (SSSR count). The SMILES string of the molecule is CCN(CC(C)C#N)C(=O)c1ncccc1C#CCCO. The van der Waals surface area contributed by atoms with Crippen molar-refractivity contribution in [1.29, 1.82) is 5.26 Å². The van der Waals surface area contributed by atoms with Crippen LogP contribution in [-0.2, 0) is 0 Å². The third-order valence-electron chi connectivity index (χ3n) is 2.85. The van der Waals surface area contributed by atoms with Crippen molar-refractivity contribution < 1.29 is 9.90 Å². The highest BCUT2D eigenvalue weighted by atomic mass is 16.2. The number of nitrogens with zero attached hydrogens (tertiary/aromatic N) is 3. The van der Waals surface area contributed by atoms with E-state index < -0.39 is 0 Å². The minimum absolute atomic E-state index is 0.0166. The Morgan fingerprint density at radius 2 is 2.33 bits per heavy atom. The fourth-order valence-corrected chi connectivity index (χ4v) is 1.77. The van der Waals surface area contributed by atoms with E-state index in [1.54, 1.807) is 30.2 Å². The predicted molar refractivity (Wildman–Crippen MR) is 79.2 cm³/mol. The van der Waals surface area contributed by atoms with Crippen molar-refractivity contribution in [3.63, 3.8) is 0 Å². The van der Waals surface area contributed by atoms with Gasteiger partial charge in [-0.3, -0.25) is 4.79 Å². The highest BCUT2D eigenvalue weighted by Crippen LogP contribution is 2.10. The summed E-state index contributed by atoms with van der Waals surface area (Å²) in [5.74, 6) is 5.19. The van der Waals surface area contributed by atoms with Crippen LogP contribution in [0.15, 0.2) is 18.3 Å². The number of carbonyl (C=O) groups excluding carboxylic acids is 1. The van der Waals surface area contributed by atoms with Gasteiger partial charge in [-0.15, -0.1) is 0 Å². The largest absolute Gasteiger partial charge is 0.395 e. The van der Waals surface area contributed by atoms with Crippen LogP contribution in [0.1, 0.15) is 36.3 Å². The van der Waals surface area contributed by atoms with Gasteiger partial charge in [0.1, 0.15) is 5.69 Å². The van der Waals surface area contributed by atoms with Crippen LogP contribution in [0.25, 0.3) is 0 Å². The maximum absolute atomic E-state index is 12.5. The summed E-state index contributed by atoms with van der Waals surface area (Å²) in [4.78, 5) is 18.2. The second kappa shape index (κ2) is 8.73. The van der Waals surface area contributed by atoms with Crippen molar-refractivity contribution in [3.8, 4) is 17.9 Å². The van der Waals surface area contributed by atoms with Crippen LogP contribution in [0.5, 0.6) is 0 Å². The molecule has 0 aliphatic rings. The summed E-state index contributed by atoms with van der Waals surface area (Å²) >= 11 is 0. The topological polar surface area (TPSA) is 77.2 Å². The molecule has 0 radical (unpaired) electrons. The molecule has 1 amide bonds. The van der Waals surface area contributed by atoms with Gasteiger partial charge in [0.05, 0.1) is 24.2 Å². The van der Waals surface area contributed by atoms with E-state index in [1.807, 2.05) is 6.92 Å². The normalized spacial score (nSPS) is 11.0. The van der Waals surface area contributed by atoms with Gasteiger partial charge in [0.15, 0.2) is 0 Å². The Bertz CT molecular complexity index is 581. The average Bonchev–Trinajstić information content (AvgIpc) is 2.52. The van der Waals surface area contributed by atoms with Crippen LogP contribution in [0.4, 0.5) is 0 Å². The van der Waals surface area contributed by atoms with Gasteiger partial charge < -0.3 is 10.0 Å². The van der Waals surface area contributed by atoms with E-state index in [2.05, 4.69) is 22.9 Å². The minimum Gasteiger partial charge on any atom is -0.395 e. The minimum atomic E-state index is -0.235. The molecule has 1 atom stereocenters. The zero-order valence-corrected chi connectivity index (χ0v) is 12.3. The van der Waals surface area contributed by atoms with Crippen LogP contribution >= 0.6 is 0 Å². The quantitative estimate of drug-likeness (QED) is 0.830. The number of pyridine rings is 1. The van der Waals surface area contributed by atoms with Gasteiger partial charge in [-0.2, -0.15) is 5.26 Å². The van der Waals surface area contributed by atoms with Crippen molar-refractivity contribution >= 4 is 5.91 Å². The number of rotatable bonds is 5. The van der Waals surface area contributed by atoms with Crippen molar-refractivity contribution in [2.24, 2.45) is 5.92 Å². The summed E-state index contributed by atoms with van der Waals surface area (Å²) in [6.45, 7) is 4.49. The Hall–Kier alpha value is -2.37. The average molecular weight is 285 g/mol. The first-order valence-electron chi connectivity index (χ1n) is 6.87. The molecule has 0 saturated carbocycles. The molecule has 1 heterocycles. The molecular formula is C16H19N3O2. The number of aromatic nitrogens is 1. The van der Waals surface area contributed by atoms with Gasteiger partial charge in [-0.25, -0.2) is 4.98 Å². The third kappa shape index (κ3) is 4.91. The second-order valence-corrected chi connectivity index (χ2v) is 4.55. The number of aliphatic hydroxyl groups excluding tert-OH is 1. The summed E-state index contributed by atoms with van der Waals surface area (Å²) in [6, 6.07) is 5.57. The molecule has 0 bridgehead atoms. The number of carbonyl (C=O) groups is 1. The van der Waals surface area contributed by atoms with E-state index in [9.17, 15) is 4.79 Å². The molecule has 0 spiro atoms. The molecule has 1 N–H and O–H groups in total. The molecule has 1 aromatic heterocycles. The van der Waals surface area contributed by atoms with E-state index in [0.29, 0.717) is 25.1 Å². The number of hydrogen-bond acceptors (Lipinski definition) is 4. The summed E-state index contributed by atoms with van der Waals surface area (Å²) in [5, 5.41) is 17.6. The van der Waals surface area contributed by atoms with Gasteiger partial charge in [-0.05, 0) is 26.0 Å². The summed E-state index contributed by atoms with van der Waals surface area (Å²) in [5.41, 5.74) is 0.828. The van der Waals surface area contributed by atoms with Crippen LogP contribution < -0.4 is 0 Å². The van der Waals surface area contributed by atoms with E-state index in [1.165, 1.54) is 0 Å². The van der Waals surface area contributed by atoms with Gasteiger partial charge in [0, 0.05) is 25.7 Å². The molecule has 5 heteroatoms. The molecule has 0 fully saturated rings. The third-order valence-corrected chi connectivity index (χ3v) is 2.85. The number of amides is 1. The van der Waals surface area contributed by atoms with Crippen LogP contribution in [-0.4, -0.2) is 40.6 Å². The van der Waals surface area contributed by atoms with Gasteiger partial charge >= 0.3 is 0 Å². The lowest BCUT2D eigenvalue weighted by Crippen LogP contribution is -2.35. The molecule has 21 heavy (non-hydrogen) atoms. The Balaban J connectivity index is 3.01. The fraction of sp³-hybridized carbons (Fsp3) is 0.438. The number of nitriles is 1. The first-order valence-corrected chi connectivity index (χ1v) is 6.87. The fourth-order valence-electron chi connectivity index (χ4n) is 1.77. The van der Waals surface area contributed by atoms with E-state index >= 15 is 0 Å². The molecule has 5 nitrogen and oxygen atoms in total. The lowest BCUT2D eigenvalue weighted by molar-refractivity contribution is 0.0746. The molecule has 1 unspecified atom stereocenters. The van der Waals surface area contributed by atoms with Crippen LogP contribution in [0.2, 0.25) is 0 Å². The maximum atomic E-state index is 12.5. The predicted octanol–water partition coefficient (Wildman–Crippen LogP) is 1.44. The molecule has 0 aromatic carbocycles.